The molecule has 5 nitrogen and oxygen atoms in total. The van der Waals surface area contributed by atoms with Crippen LogP contribution in [-0.2, 0) is 0 Å². The van der Waals surface area contributed by atoms with Gasteiger partial charge < -0.3 is 16.2 Å². The lowest BCUT2D eigenvalue weighted by Crippen LogP contribution is -2.13. The summed E-state index contributed by atoms with van der Waals surface area (Å²) in [5.74, 6) is 0.679. The second kappa shape index (κ2) is 5.99. The molecule has 2 aromatic heterocycles. The number of anilines is 2. The molecule has 0 aliphatic heterocycles. The van der Waals surface area contributed by atoms with Gasteiger partial charge in [0.25, 0.3) is 0 Å². The van der Waals surface area contributed by atoms with Gasteiger partial charge in [-0.1, -0.05) is 17.7 Å². The number of aromatic nitrogens is 2. The molecule has 0 radical (unpaired) electrons. The first-order chi connectivity index (χ1) is 8.69. The normalized spacial score (nSPS) is 12.3. The largest absolute Gasteiger partial charge is 0.396 e. The highest BCUT2D eigenvalue weighted by atomic mass is 35.5. The van der Waals surface area contributed by atoms with Crippen LogP contribution in [0.2, 0.25) is 5.15 Å². The molecule has 2 aromatic rings. The quantitative estimate of drug-likeness (QED) is 0.734. The summed E-state index contributed by atoms with van der Waals surface area (Å²) in [7, 11) is 0. The van der Waals surface area contributed by atoms with Crippen LogP contribution in [0.5, 0.6) is 0 Å². The first-order valence-electron chi connectivity index (χ1n) is 5.40. The molecule has 0 spiro atoms. The number of nitrogens with one attached hydrogen (secondary N) is 1. The number of nitrogens with zero attached hydrogens (tertiary/aromatic N) is 2. The van der Waals surface area contributed by atoms with E-state index in [2.05, 4.69) is 15.3 Å². The molecule has 0 bridgehead atoms. The predicted octanol–water partition coefficient (Wildman–Crippen LogP) is 2.31. The first kappa shape index (κ1) is 13.1. The second-order valence-corrected chi connectivity index (χ2v) is 5.03. The van der Waals surface area contributed by atoms with Crippen LogP contribution in [0.1, 0.15) is 17.3 Å². The maximum Gasteiger partial charge on any atom is 0.223 e. The van der Waals surface area contributed by atoms with Crippen molar-refractivity contribution >= 4 is 34.7 Å². The molecule has 0 aromatic carbocycles. The number of aliphatic hydroxyl groups excluding tert-OH is 1. The number of nitrogens with two attached hydrogens (primary N) is 1. The Morgan fingerprint density at radius 1 is 1.50 bits per heavy atom. The monoisotopic (exact) mass is 284 g/mol. The Hall–Kier alpha value is -1.37. The molecule has 1 unspecified atom stereocenters. The molecule has 18 heavy (non-hydrogen) atoms. The van der Waals surface area contributed by atoms with Crippen molar-refractivity contribution in [2.24, 2.45) is 0 Å². The molecule has 2 heterocycles. The molecule has 96 valence electrons. The summed E-state index contributed by atoms with van der Waals surface area (Å²) >= 11 is 7.44. The summed E-state index contributed by atoms with van der Waals surface area (Å²) < 4.78 is 0. The van der Waals surface area contributed by atoms with Gasteiger partial charge in [-0.15, -0.1) is 11.3 Å². The number of thiophene rings is 1. The van der Waals surface area contributed by atoms with Crippen molar-refractivity contribution in [3.63, 3.8) is 0 Å². The molecule has 7 heteroatoms. The lowest BCUT2D eigenvalue weighted by molar-refractivity contribution is 0.280. The van der Waals surface area contributed by atoms with Gasteiger partial charge in [0.15, 0.2) is 0 Å². The SMILES string of the molecule is Nc1nc(Cl)cc(NC(CCO)c2cccs2)n1. The summed E-state index contributed by atoms with van der Waals surface area (Å²) in [6.45, 7) is 0.0872. The second-order valence-electron chi connectivity index (χ2n) is 3.66. The lowest BCUT2D eigenvalue weighted by Gasteiger charge is -2.17. The molecular formula is C11H13ClN4OS. The van der Waals surface area contributed by atoms with Gasteiger partial charge in [0.05, 0.1) is 6.04 Å². The van der Waals surface area contributed by atoms with Crippen LogP contribution in [0.15, 0.2) is 23.6 Å². The molecule has 2 rings (SSSR count). The van der Waals surface area contributed by atoms with Gasteiger partial charge in [0.1, 0.15) is 11.0 Å². The number of halogens is 1. The van der Waals surface area contributed by atoms with Crippen LogP contribution >= 0.6 is 22.9 Å². The molecule has 0 aliphatic rings. The van der Waals surface area contributed by atoms with Gasteiger partial charge in [-0.3, -0.25) is 0 Å². The Bertz CT molecular complexity index is 485. The van der Waals surface area contributed by atoms with Crippen LogP contribution in [0.25, 0.3) is 0 Å². The Morgan fingerprint density at radius 2 is 2.33 bits per heavy atom. The zero-order valence-corrected chi connectivity index (χ0v) is 11.1. The lowest BCUT2D eigenvalue weighted by atomic mass is 10.2. The van der Waals surface area contributed by atoms with E-state index in [9.17, 15) is 0 Å². The van der Waals surface area contributed by atoms with Gasteiger partial charge >= 0.3 is 0 Å². The van der Waals surface area contributed by atoms with E-state index in [1.54, 1.807) is 17.4 Å². The van der Waals surface area contributed by atoms with Gasteiger partial charge in [-0.25, -0.2) is 4.98 Å². The van der Waals surface area contributed by atoms with Crippen molar-refractivity contribution in [2.45, 2.75) is 12.5 Å². The summed E-state index contributed by atoms with van der Waals surface area (Å²) in [5.41, 5.74) is 5.53. The molecule has 0 fully saturated rings. The zero-order valence-electron chi connectivity index (χ0n) is 9.51. The van der Waals surface area contributed by atoms with Crippen LogP contribution in [0, 0.1) is 0 Å². The van der Waals surface area contributed by atoms with Crippen molar-refractivity contribution in [1.29, 1.82) is 0 Å². The highest BCUT2D eigenvalue weighted by molar-refractivity contribution is 7.10. The number of rotatable bonds is 5. The minimum atomic E-state index is -0.0135. The van der Waals surface area contributed by atoms with E-state index in [0.29, 0.717) is 17.4 Å². The van der Waals surface area contributed by atoms with E-state index in [-0.39, 0.29) is 18.6 Å². The maximum atomic E-state index is 9.10. The standard InChI is InChI=1S/C11H13ClN4OS/c12-9-6-10(16-11(13)15-9)14-7(3-4-17)8-2-1-5-18-8/h1-2,5-7,17H,3-4H2,(H3,13,14,15,16). The van der Waals surface area contributed by atoms with E-state index in [1.165, 1.54) is 0 Å². The van der Waals surface area contributed by atoms with Crippen molar-refractivity contribution in [2.75, 3.05) is 17.7 Å². The van der Waals surface area contributed by atoms with Crippen molar-refractivity contribution in [3.05, 3.63) is 33.6 Å². The fraction of sp³-hybridized carbons (Fsp3) is 0.273. The number of nitrogen functional groups attached to an aromatic ring is 1. The van der Waals surface area contributed by atoms with E-state index >= 15 is 0 Å². The molecule has 4 N–H and O–H groups in total. The maximum absolute atomic E-state index is 9.10. The molecular weight excluding hydrogens is 272 g/mol. The van der Waals surface area contributed by atoms with Gasteiger partial charge in [0, 0.05) is 17.6 Å². The van der Waals surface area contributed by atoms with Crippen molar-refractivity contribution in [3.8, 4) is 0 Å². The summed E-state index contributed by atoms with van der Waals surface area (Å²) in [6.07, 6.45) is 0.585. The third-order valence-electron chi connectivity index (χ3n) is 2.34. The van der Waals surface area contributed by atoms with Gasteiger partial charge in [0.2, 0.25) is 5.95 Å². The Labute approximate surface area is 114 Å². The van der Waals surface area contributed by atoms with E-state index in [4.69, 9.17) is 22.4 Å². The van der Waals surface area contributed by atoms with Crippen molar-refractivity contribution in [1.82, 2.24) is 9.97 Å². The van der Waals surface area contributed by atoms with Gasteiger partial charge in [-0.2, -0.15) is 4.98 Å². The third kappa shape index (κ3) is 3.32. The van der Waals surface area contributed by atoms with E-state index in [1.807, 2.05) is 17.5 Å². The molecule has 0 saturated heterocycles. The van der Waals surface area contributed by atoms with Gasteiger partial charge in [-0.05, 0) is 17.9 Å². The topological polar surface area (TPSA) is 84.1 Å². The van der Waals surface area contributed by atoms with Crippen LogP contribution in [0.3, 0.4) is 0 Å². The molecule has 0 amide bonds. The fourth-order valence-electron chi connectivity index (χ4n) is 1.59. The zero-order chi connectivity index (χ0) is 13.0. The van der Waals surface area contributed by atoms with Crippen molar-refractivity contribution < 1.29 is 5.11 Å². The highest BCUT2D eigenvalue weighted by Gasteiger charge is 2.13. The summed E-state index contributed by atoms with van der Waals surface area (Å²) in [6, 6.07) is 5.56. The third-order valence-corrected chi connectivity index (χ3v) is 3.52. The average Bonchev–Trinajstić information content (AvgIpc) is 2.80. The summed E-state index contributed by atoms with van der Waals surface area (Å²) in [5, 5.41) is 14.6. The number of hydrogen-bond acceptors (Lipinski definition) is 6. The Kier molecular flexibility index (Phi) is 4.35. The predicted molar refractivity (Wildman–Crippen MR) is 73.8 cm³/mol. The minimum absolute atomic E-state index is 0.0135. The first-order valence-corrected chi connectivity index (χ1v) is 6.65. The van der Waals surface area contributed by atoms with Crippen LogP contribution in [-0.4, -0.2) is 21.7 Å². The van der Waals surface area contributed by atoms with E-state index < -0.39 is 0 Å². The fourth-order valence-corrected chi connectivity index (χ4v) is 2.59. The molecule has 0 saturated carbocycles. The smallest absolute Gasteiger partial charge is 0.223 e. The minimum Gasteiger partial charge on any atom is -0.396 e. The van der Waals surface area contributed by atoms with E-state index in [0.717, 1.165) is 4.88 Å². The Morgan fingerprint density at radius 3 is 2.94 bits per heavy atom. The summed E-state index contributed by atoms with van der Waals surface area (Å²) in [4.78, 5) is 8.98. The number of hydrogen-bond donors (Lipinski definition) is 3. The van der Waals surface area contributed by atoms with Crippen LogP contribution in [0.4, 0.5) is 11.8 Å². The molecule has 0 aliphatic carbocycles. The number of aliphatic hydroxyl groups is 1. The average molecular weight is 285 g/mol. The Balaban J connectivity index is 2.18. The highest BCUT2D eigenvalue weighted by Crippen LogP contribution is 2.26. The van der Waals surface area contributed by atoms with Crippen LogP contribution < -0.4 is 11.1 Å². The molecule has 1 atom stereocenters.